The third kappa shape index (κ3) is 4.39. The number of rotatable bonds is 5. The highest BCUT2D eigenvalue weighted by atomic mass is 79.9. The van der Waals surface area contributed by atoms with E-state index in [1.54, 1.807) is 12.1 Å². The Labute approximate surface area is 134 Å². The van der Waals surface area contributed by atoms with Gasteiger partial charge in [-0.1, -0.05) is 34.1 Å². The van der Waals surface area contributed by atoms with E-state index in [4.69, 9.17) is 0 Å². The number of likely N-dealkylation sites (N-methyl/N-ethyl adjacent to an activating group) is 1. The van der Waals surface area contributed by atoms with Crippen LogP contribution in [0.3, 0.4) is 0 Å². The first-order valence-corrected chi connectivity index (χ1v) is 7.96. The van der Waals surface area contributed by atoms with E-state index in [0.29, 0.717) is 0 Å². The van der Waals surface area contributed by atoms with Crippen molar-refractivity contribution in [1.29, 1.82) is 0 Å². The van der Waals surface area contributed by atoms with Crippen LogP contribution >= 0.6 is 15.9 Å². The molecule has 1 nitrogen and oxygen atoms in total. The maximum absolute atomic E-state index is 13.4. The Bertz CT molecular complexity index is 625. The van der Waals surface area contributed by atoms with Gasteiger partial charge in [-0.15, -0.1) is 0 Å². The molecule has 1 unspecified atom stereocenters. The molecule has 0 aliphatic rings. The molecule has 3 heteroatoms. The Kier molecular flexibility index (Phi) is 5.54. The summed E-state index contributed by atoms with van der Waals surface area (Å²) in [6.45, 7) is 4.26. The van der Waals surface area contributed by atoms with E-state index in [0.717, 1.165) is 22.9 Å². The maximum atomic E-state index is 13.4. The first kappa shape index (κ1) is 16.2. The average Bonchev–Trinajstić information content (AvgIpc) is 2.46. The quantitative estimate of drug-likeness (QED) is 0.832. The minimum absolute atomic E-state index is 0.186. The summed E-state index contributed by atoms with van der Waals surface area (Å²) >= 11 is 3.50. The van der Waals surface area contributed by atoms with Gasteiger partial charge in [-0.2, -0.15) is 0 Å². The lowest BCUT2D eigenvalue weighted by atomic mass is 9.97. The molecule has 1 atom stereocenters. The SMILES string of the molecule is CNC(Cc1ccc(C)c(C)c1)Cc1cc(F)ccc1Br. The molecule has 0 saturated heterocycles. The summed E-state index contributed by atoms with van der Waals surface area (Å²) in [6.07, 6.45) is 1.72. The van der Waals surface area contributed by atoms with Crippen molar-refractivity contribution in [1.82, 2.24) is 5.32 Å². The van der Waals surface area contributed by atoms with Crippen LogP contribution in [-0.2, 0) is 12.8 Å². The number of hydrogen-bond acceptors (Lipinski definition) is 1. The molecule has 112 valence electrons. The highest BCUT2D eigenvalue weighted by Crippen LogP contribution is 2.21. The Morgan fingerprint density at radius 2 is 1.81 bits per heavy atom. The van der Waals surface area contributed by atoms with Crippen LogP contribution < -0.4 is 5.32 Å². The van der Waals surface area contributed by atoms with E-state index in [-0.39, 0.29) is 11.9 Å². The van der Waals surface area contributed by atoms with E-state index in [1.807, 2.05) is 7.05 Å². The van der Waals surface area contributed by atoms with Gasteiger partial charge in [0.25, 0.3) is 0 Å². The number of benzene rings is 2. The monoisotopic (exact) mass is 349 g/mol. The molecule has 0 bridgehead atoms. The Morgan fingerprint density at radius 1 is 1.05 bits per heavy atom. The minimum Gasteiger partial charge on any atom is -0.316 e. The van der Waals surface area contributed by atoms with Gasteiger partial charge in [0.05, 0.1) is 0 Å². The van der Waals surface area contributed by atoms with Gasteiger partial charge in [0, 0.05) is 10.5 Å². The van der Waals surface area contributed by atoms with Gasteiger partial charge >= 0.3 is 0 Å². The van der Waals surface area contributed by atoms with E-state index >= 15 is 0 Å². The van der Waals surface area contributed by atoms with Gasteiger partial charge in [-0.25, -0.2) is 4.39 Å². The Balaban J connectivity index is 2.12. The van der Waals surface area contributed by atoms with E-state index < -0.39 is 0 Å². The zero-order chi connectivity index (χ0) is 15.4. The fourth-order valence-corrected chi connectivity index (χ4v) is 2.86. The normalized spacial score (nSPS) is 12.4. The second kappa shape index (κ2) is 7.19. The zero-order valence-electron chi connectivity index (χ0n) is 12.7. The smallest absolute Gasteiger partial charge is 0.123 e. The lowest BCUT2D eigenvalue weighted by molar-refractivity contribution is 0.551. The molecule has 0 aromatic heterocycles. The summed E-state index contributed by atoms with van der Waals surface area (Å²) in [5.74, 6) is -0.186. The van der Waals surface area contributed by atoms with Crippen LogP contribution in [0.15, 0.2) is 40.9 Å². The second-order valence-electron chi connectivity index (χ2n) is 5.55. The zero-order valence-corrected chi connectivity index (χ0v) is 14.3. The third-order valence-electron chi connectivity index (χ3n) is 3.94. The number of aryl methyl sites for hydroxylation is 2. The van der Waals surface area contributed by atoms with Crippen LogP contribution in [0, 0.1) is 19.7 Å². The standard InChI is InChI=1S/C18H21BrFN/c1-12-4-5-14(8-13(12)2)9-17(21-3)11-15-10-16(20)6-7-18(15)19/h4-8,10,17,21H,9,11H2,1-3H3. The van der Waals surface area contributed by atoms with Crippen molar-refractivity contribution in [2.24, 2.45) is 0 Å². The van der Waals surface area contributed by atoms with Crippen molar-refractivity contribution in [2.45, 2.75) is 32.7 Å². The van der Waals surface area contributed by atoms with E-state index in [9.17, 15) is 4.39 Å². The van der Waals surface area contributed by atoms with Crippen LogP contribution in [0.4, 0.5) is 4.39 Å². The molecule has 1 N–H and O–H groups in total. The van der Waals surface area contributed by atoms with E-state index in [2.05, 4.69) is 53.3 Å². The Hall–Kier alpha value is -1.19. The van der Waals surface area contributed by atoms with Crippen LogP contribution in [0.1, 0.15) is 22.3 Å². The first-order chi connectivity index (χ1) is 9.99. The molecule has 0 saturated carbocycles. The summed E-state index contributed by atoms with van der Waals surface area (Å²) in [4.78, 5) is 0. The van der Waals surface area contributed by atoms with Gasteiger partial charge < -0.3 is 5.32 Å². The van der Waals surface area contributed by atoms with Crippen LogP contribution in [0.25, 0.3) is 0 Å². The molecule has 0 fully saturated rings. The molecule has 0 heterocycles. The topological polar surface area (TPSA) is 12.0 Å². The third-order valence-corrected chi connectivity index (χ3v) is 4.71. The highest BCUT2D eigenvalue weighted by molar-refractivity contribution is 9.10. The van der Waals surface area contributed by atoms with Gasteiger partial charge in [-0.3, -0.25) is 0 Å². The van der Waals surface area contributed by atoms with E-state index in [1.165, 1.54) is 22.8 Å². The fourth-order valence-electron chi connectivity index (χ4n) is 2.46. The number of halogens is 2. The Morgan fingerprint density at radius 3 is 2.48 bits per heavy atom. The summed E-state index contributed by atoms with van der Waals surface area (Å²) in [6, 6.07) is 11.7. The molecule has 2 aromatic carbocycles. The van der Waals surface area contributed by atoms with Crippen molar-refractivity contribution in [3.63, 3.8) is 0 Å². The summed E-state index contributed by atoms with van der Waals surface area (Å²) < 4.78 is 14.3. The van der Waals surface area contributed by atoms with Gasteiger partial charge in [0.1, 0.15) is 5.82 Å². The van der Waals surface area contributed by atoms with Gasteiger partial charge in [-0.05, 0) is 74.2 Å². The molecule has 2 aromatic rings. The van der Waals surface area contributed by atoms with Crippen molar-refractivity contribution in [3.8, 4) is 0 Å². The molecular weight excluding hydrogens is 329 g/mol. The predicted octanol–water partition coefficient (Wildman–Crippen LogP) is 4.58. The van der Waals surface area contributed by atoms with Crippen molar-refractivity contribution < 1.29 is 4.39 Å². The van der Waals surface area contributed by atoms with Gasteiger partial charge in [0.2, 0.25) is 0 Å². The van der Waals surface area contributed by atoms with Crippen LogP contribution in [0.2, 0.25) is 0 Å². The molecule has 0 aliphatic carbocycles. The first-order valence-electron chi connectivity index (χ1n) is 7.17. The lowest BCUT2D eigenvalue weighted by Crippen LogP contribution is -2.30. The number of nitrogens with one attached hydrogen (secondary N) is 1. The molecule has 0 spiro atoms. The average molecular weight is 350 g/mol. The number of hydrogen-bond donors (Lipinski definition) is 1. The molecule has 0 amide bonds. The second-order valence-corrected chi connectivity index (χ2v) is 6.40. The molecule has 2 rings (SSSR count). The van der Waals surface area contributed by atoms with Crippen molar-refractivity contribution in [3.05, 3.63) is 68.9 Å². The molecule has 0 radical (unpaired) electrons. The van der Waals surface area contributed by atoms with Crippen LogP contribution in [0.5, 0.6) is 0 Å². The van der Waals surface area contributed by atoms with Crippen molar-refractivity contribution in [2.75, 3.05) is 7.05 Å². The minimum atomic E-state index is -0.186. The summed E-state index contributed by atoms with van der Waals surface area (Å²) in [7, 11) is 1.96. The molecular formula is C18H21BrFN. The fraction of sp³-hybridized carbons (Fsp3) is 0.333. The molecule has 21 heavy (non-hydrogen) atoms. The lowest BCUT2D eigenvalue weighted by Gasteiger charge is -2.18. The summed E-state index contributed by atoms with van der Waals surface area (Å²) in [5, 5.41) is 3.34. The molecule has 0 aliphatic heterocycles. The maximum Gasteiger partial charge on any atom is 0.123 e. The van der Waals surface area contributed by atoms with Gasteiger partial charge in [0.15, 0.2) is 0 Å². The predicted molar refractivity (Wildman–Crippen MR) is 90.3 cm³/mol. The highest BCUT2D eigenvalue weighted by Gasteiger charge is 2.12. The summed E-state index contributed by atoms with van der Waals surface area (Å²) in [5.41, 5.74) is 4.94. The van der Waals surface area contributed by atoms with Crippen LogP contribution in [-0.4, -0.2) is 13.1 Å². The largest absolute Gasteiger partial charge is 0.316 e. The van der Waals surface area contributed by atoms with Crippen molar-refractivity contribution >= 4 is 15.9 Å².